The zero-order chi connectivity index (χ0) is 42.3. The fraction of sp³-hybridized carbons (Fsp3) is 0.868. The highest BCUT2D eigenvalue weighted by Gasteiger charge is 2.20. The smallest absolute Gasteiger partial charge is 0.222 e. The van der Waals surface area contributed by atoms with Gasteiger partial charge in [-0.2, -0.15) is 0 Å². The zero-order valence-electron chi connectivity index (χ0n) is 38.9. The van der Waals surface area contributed by atoms with Crippen LogP contribution in [-0.2, 0) is 4.79 Å². The normalized spacial score (nSPS) is 13.7. The van der Waals surface area contributed by atoms with E-state index < -0.39 is 18.2 Å². The molecule has 3 atom stereocenters. The SMILES string of the molecule is CCCCCC/C=C/CC/C=C/C(O)C(CO)NC(=O)CC(O)CCCCCCCCCCCCCCCCC/C=C\CCCCCCCCCCCCCCCC. The first-order valence-electron chi connectivity index (χ1n) is 25.8. The molecule has 5 heteroatoms. The van der Waals surface area contributed by atoms with Gasteiger partial charge in [0.2, 0.25) is 5.91 Å². The first-order valence-corrected chi connectivity index (χ1v) is 25.8. The maximum absolute atomic E-state index is 12.4. The highest BCUT2D eigenvalue weighted by Crippen LogP contribution is 2.17. The second kappa shape index (κ2) is 48.2. The minimum atomic E-state index is -0.949. The summed E-state index contributed by atoms with van der Waals surface area (Å²) >= 11 is 0. The number of allylic oxidation sites excluding steroid dienone is 5. The van der Waals surface area contributed by atoms with Crippen molar-refractivity contribution in [3.63, 3.8) is 0 Å². The summed E-state index contributed by atoms with van der Waals surface area (Å²) in [6.07, 6.45) is 62.0. The van der Waals surface area contributed by atoms with Crippen molar-refractivity contribution in [3.05, 3.63) is 36.5 Å². The molecule has 0 bridgehead atoms. The molecule has 0 saturated carbocycles. The van der Waals surface area contributed by atoms with Crippen molar-refractivity contribution in [2.24, 2.45) is 0 Å². The van der Waals surface area contributed by atoms with E-state index in [-0.39, 0.29) is 18.9 Å². The number of carbonyl (C=O) groups is 1. The molecule has 0 rings (SSSR count). The quantitative estimate of drug-likeness (QED) is 0.0364. The molecule has 0 heterocycles. The Morgan fingerprint density at radius 1 is 0.431 bits per heavy atom. The highest BCUT2D eigenvalue weighted by atomic mass is 16.3. The Hall–Kier alpha value is -1.43. The summed E-state index contributed by atoms with van der Waals surface area (Å²) in [7, 11) is 0. The first-order chi connectivity index (χ1) is 28.5. The van der Waals surface area contributed by atoms with Gasteiger partial charge in [0.05, 0.1) is 31.3 Å². The predicted octanol–water partition coefficient (Wildman–Crippen LogP) is 15.5. The Labute approximate surface area is 362 Å². The third kappa shape index (κ3) is 44.1. The minimum absolute atomic E-state index is 0.00716. The van der Waals surface area contributed by atoms with Gasteiger partial charge in [0, 0.05) is 0 Å². The van der Waals surface area contributed by atoms with Crippen LogP contribution < -0.4 is 5.32 Å². The molecule has 4 N–H and O–H groups in total. The Morgan fingerprint density at radius 2 is 0.741 bits per heavy atom. The van der Waals surface area contributed by atoms with Gasteiger partial charge in [-0.05, 0) is 57.8 Å². The van der Waals surface area contributed by atoms with E-state index in [1.165, 1.54) is 212 Å². The summed E-state index contributed by atoms with van der Waals surface area (Å²) in [5, 5.41) is 33.1. The van der Waals surface area contributed by atoms with E-state index in [1.807, 2.05) is 6.08 Å². The van der Waals surface area contributed by atoms with E-state index in [4.69, 9.17) is 0 Å². The lowest BCUT2D eigenvalue weighted by molar-refractivity contribution is -0.124. The van der Waals surface area contributed by atoms with Crippen molar-refractivity contribution in [1.82, 2.24) is 5.32 Å². The molecule has 0 aromatic carbocycles. The summed E-state index contributed by atoms with van der Waals surface area (Å²) in [6, 6.07) is -0.758. The monoisotopic (exact) mass is 816 g/mol. The van der Waals surface area contributed by atoms with Gasteiger partial charge in [0.15, 0.2) is 0 Å². The number of rotatable bonds is 47. The molecule has 0 aromatic rings. The number of carbonyl (C=O) groups excluding carboxylic acids is 1. The molecule has 0 aromatic heterocycles. The molecule has 0 aliphatic rings. The van der Waals surface area contributed by atoms with E-state index in [1.54, 1.807) is 6.08 Å². The van der Waals surface area contributed by atoms with Crippen molar-refractivity contribution < 1.29 is 20.1 Å². The standard InChI is InChI=1S/C53H101NO4/c1-3-5-7-9-11-13-15-16-17-18-19-20-21-22-23-24-25-26-27-28-29-30-31-32-33-34-35-36-37-38-40-42-44-46-50(56)48-53(58)54-51(49-55)52(57)47-45-43-41-39-14-12-10-8-6-4-2/h14,24-25,39,45,47,50-52,55-57H,3-13,15-23,26-38,40-44,46,48-49H2,1-2H3,(H,54,58)/b25-24-,39-14+,47-45+. The van der Waals surface area contributed by atoms with Crippen molar-refractivity contribution in [3.8, 4) is 0 Å². The fourth-order valence-electron chi connectivity index (χ4n) is 7.94. The third-order valence-corrected chi connectivity index (χ3v) is 11.9. The lowest BCUT2D eigenvalue weighted by Crippen LogP contribution is -2.45. The fourth-order valence-corrected chi connectivity index (χ4v) is 7.94. The van der Waals surface area contributed by atoms with E-state index in [9.17, 15) is 20.1 Å². The van der Waals surface area contributed by atoms with Crippen LogP contribution in [0, 0.1) is 0 Å². The predicted molar refractivity (Wildman–Crippen MR) is 254 cm³/mol. The lowest BCUT2D eigenvalue weighted by Gasteiger charge is -2.21. The molecule has 1 amide bonds. The number of amides is 1. The second-order valence-electron chi connectivity index (χ2n) is 17.8. The van der Waals surface area contributed by atoms with Gasteiger partial charge in [-0.15, -0.1) is 0 Å². The molecule has 342 valence electrons. The van der Waals surface area contributed by atoms with Gasteiger partial charge in [-0.3, -0.25) is 4.79 Å². The average molecular weight is 816 g/mol. The van der Waals surface area contributed by atoms with Crippen LogP contribution in [0.25, 0.3) is 0 Å². The Bertz CT molecular complexity index is 901. The van der Waals surface area contributed by atoms with Gasteiger partial charge in [0.25, 0.3) is 0 Å². The first kappa shape index (κ1) is 56.6. The van der Waals surface area contributed by atoms with Gasteiger partial charge in [-0.1, -0.05) is 243 Å². The van der Waals surface area contributed by atoms with Crippen LogP contribution in [0.5, 0.6) is 0 Å². The van der Waals surface area contributed by atoms with Gasteiger partial charge in [0.1, 0.15) is 0 Å². The van der Waals surface area contributed by atoms with Crippen LogP contribution in [0.3, 0.4) is 0 Å². The topological polar surface area (TPSA) is 89.8 Å². The van der Waals surface area contributed by atoms with Crippen LogP contribution in [-0.4, -0.2) is 46.1 Å². The van der Waals surface area contributed by atoms with E-state index >= 15 is 0 Å². The number of nitrogens with one attached hydrogen (secondary N) is 1. The van der Waals surface area contributed by atoms with E-state index in [2.05, 4.69) is 43.5 Å². The van der Waals surface area contributed by atoms with Crippen LogP contribution in [0.15, 0.2) is 36.5 Å². The summed E-state index contributed by atoms with van der Waals surface area (Å²) in [4.78, 5) is 12.4. The second-order valence-corrected chi connectivity index (χ2v) is 17.8. The van der Waals surface area contributed by atoms with Crippen LogP contribution in [0.4, 0.5) is 0 Å². The maximum atomic E-state index is 12.4. The molecular weight excluding hydrogens is 715 g/mol. The summed E-state index contributed by atoms with van der Waals surface area (Å²) in [6.45, 7) is 4.18. The van der Waals surface area contributed by atoms with Gasteiger partial charge in [-0.25, -0.2) is 0 Å². The average Bonchev–Trinajstić information content (AvgIpc) is 3.22. The van der Waals surface area contributed by atoms with Crippen molar-refractivity contribution in [2.75, 3.05) is 6.61 Å². The Balaban J connectivity index is 3.48. The third-order valence-electron chi connectivity index (χ3n) is 11.9. The molecule has 0 spiro atoms. The molecule has 3 unspecified atom stereocenters. The van der Waals surface area contributed by atoms with Gasteiger partial charge >= 0.3 is 0 Å². The van der Waals surface area contributed by atoms with E-state index in [0.29, 0.717) is 6.42 Å². The number of hydrogen-bond donors (Lipinski definition) is 4. The van der Waals surface area contributed by atoms with Crippen LogP contribution >= 0.6 is 0 Å². The molecule has 58 heavy (non-hydrogen) atoms. The van der Waals surface area contributed by atoms with Crippen molar-refractivity contribution in [1.29, 1.82) is 0 Å². The molecular formula is C53H101NO4. The van der Waals surface area contributed by atoms with E-state index in [0.717, 1.165) is 32.1 Å². The summed E-state index contributed by atoms with van der Waals surface area (Å²) < 4.78 is 0. The number of hydrogen-bond acceptors (Lipinski definition) is 4. The Kier molecular flexibility index (Phi) is 47.0. The number of unbranched alkanes of at least 4 members (excludes halogenated alkanes) is 34. The molecule has 0 radical (unpaired) electrons. The Morgan fingerprint density at radius 3 is 1.12 bits per heavy atom. The van der Waals surface area contributed by atoms with Crippen LogP contribution in [0.1, 0.15) is 271 Å². The molecule has 0 aliphatic heterocycles. The zero-order valence-corrected chi connectivity index (χ0v) is 38.9. The molecule has 5 nitrogen and oxygen atoms in total. The number of aliphatic hydroxyl groups excluding tert-OH is 3. The lowest BCUT2D eigenvalue weighted by atomic mass is 10.0. The molecule has 0 fully saturated rings. The van der Waals surface area contributed by atoms with Crippen molar-refractivity contribution >= 4 is 5.91 Å². The van der Waals surface area contributed by atoms with Gasteiger partial charge < -0.3 is 20.6 Å². The number of aliphatic hydroxyl groups is 3. The van der Waals surface area contributed by atoms with Crippen LogP contribution in [0.2, 0.25) is 0 Å². The van der Waals surface area contributed by atoms with Crippen molar-refractivity contribution in [2.45, 2.75) is 289 Å². The minimum Gasteiger partial charge on any atom is -0.394 e. The molecule has 0 aliphatic carbocycles. The molecule has 0 saturated heterocycles. The summed E-state index contributed by atoms with van der Waals surface area (Å²) in [5.74, 6) is -0.325. The largest absolute Gasteiger partial charge is 0.394 e. The highest BCUT2D eigenvalue weighted by molar-refractivity contribution is 5.76. The summed E-state index contributed by atoms with van der Waals surface area (Å²) in [5.41, 5.74) is 0. The maximum Gasteiger partial charge on any atom is 0.222 e.